The molecule has 1 aliphatic rings. The highest BCUT2D eigenvalue weighted by Gasteiger charge is 2.52. The maximum absolute atomic E-state index is 14.3. The number of nitriles is 1. The van der Waals surface area contributed by atoms with Gasteiger partial charge in [-0.2, -0.15) is 5.26 Å². The number of halogens is 1. The third-order valence-electron chi connectivity index (χ3n) is 3.76. The van der Waals surface area contributed by atoms with E-state index in [9.17, 15) is 4.39 Å². The zero-order chi connectivity index (χ0) is 14.3. The Bertz CT molecular complexity index is 524. The summed E-state index contributed by atoms with van der Waals surface area (Å²) in [6, 6.07) is 1.91. The van der Waals surface area contributed by atoms with Crippen LogP contribution in [0.25, 0.3) is 0 Å². The Morgan fingerprint density at radius 1 is 1.26 bits per heavy atom. The molecule has 1 aromatic rings. The molecule has 1 saturated heterocycles. The van der Waals surface area contributed by atoms with E-state index in [1.54, 1.807) is 0 Å². The molecule has 0 saturated carbocycles. The lowest BCUT2D eigenvalue weighted by atomic mass is 9.79. The second kappa shape index (κ2) is 4.59. The lowest BCUT2D eigenvalue weighted by molar-refractivity contribution is 0.00578. The molecule has 0 N–H and O–H groups in total. The molecule has 1 aromatic heterocycles. The van der Waals surface area contributed by atoms with Crippen LogP contribution in [0.5, 0.6) is 0 Å². The van der Waals surface area contributed by atoms with Gasteiger partial charge in [0.15, 0.2) is 0 Å². The molecule has 19 heavy (non-hydrogen) atoms. The highest BCUT2D eigenvalue weighted by Crippen LogP contribution is 2.36. The van der Waals surface area contributed by atoms with Gasteiger partial charge < -0.3 is 9.31 Å². The minimum Gasteiger partial charge on any atom is -0.399 e. The minimum absolute atomic E-state index is 0.0216. The molecular weight excluding hydrogens is 246 g/mol. The maximum Gasteiger partial charge on any atom is 0.499 e. The van der Waals surface area contributed by atoms with Crippen LogP contribution in [-0.2, 0) is 15.7 Å². The monoisotopic (exact) mass is 262 g/mol. The maximum atomic E-state index is 14.3. The fourth-order valence-electron chi connectivity index (χ4n) is 1.85. The van der Waals surface area contributed by atoms with Gasteiger partial charge in [-0.25, -0.2) is 4.39 Å². The van der Waals surface area contributed by atoms with Crippen LogP contribution in [0.2, 0.25) is 0 Å². The van der Waals surface area contributed by atoms with Crippen LogP contribution in [0.3, 0.4) is 0 Å². The molecule has 1 fully saturated rings. The molecule has 100 valence electrons. The first-order valence-electron chi connectivity index (χ1n) is 6.13. The number of rotatable bonds is 2. The topological polar surface area (TPSA) is 55.1 Å². The summed E-state index contributed by atoms with van der Waals surface area (Å²) in [5, 5.41) is 8.66. The Morgan fingerprint density at radius 2 is 1.84 bits per heavy atom. The van der Waals surface area contributed by atoms with Crippen molar-refractivity contribution in [1.29, 1.82) is 5.26 Å². The standard InChI is InChI=1S/C13H16BFN2O2/c1-12(2)13(3,4)19-14(18-12)10-8-17-7-9(5-6-16)11(10)15/h7-8H,5H2,1-4H3. The van der Waals surface area contributed by atoms with E-state index in [-0.39, 0.29) is 17.4 Å². The fourth-order valence-corrected chi connectivity index (χ4v) is 1.85. The van der Waals surface area contributed by atoms with Gasteiger partial charge in [-0.15, -0.1) is 0 Å². The molecule has 0 aliphatic carbocycles. The first-order valence-corrected chi connectivity index (χ1v) is 6.13. The van der Waals surface area contributed by atoms with E-state index in [1.165, 1.54) is 12.4 Å². The second-order valence-electron chi connectivity index (χ2n) is 5.62. The highest BCUT2D eigenvalue weighted by molar-refractivity contribution is 6.62. The van der Waals surface area contributed by atoms with E-state index in [4.69, 9.17) is 14.6 Å². The van der Waals surface area contributed by atoms with Gasteiger partial charge in [0.1, 0.15) is 5.82 Å². The Labute approximate surface area is 112 Å². The molecule has 0 atom stereocenters. The SMILES string of the molecule is CC1(C)OB(c2cncc(CC#N)c2F)OC1(C)C. The highest BCUT2D eigenvalue weighted by atomic mass is 19.1. The normalized spacial score (nSPS) is 20.3. The van der Waals surface area contributed by atoms with Crippen molar-refractivity contribution >= 4 is 12.6 Å². The van der Waals surface area contributed by atoms with Gasteiger partial charge >= 0.3 is 7.12 Å². The predicted octanol–water partition coefficient (Wildman–Crippen LogP) is 1.59. The average Bonchev–Trinajstić information content (AvgIpc) is 2.51. The van der Waals surface area contributed by atoms with Crippen molar-refractivity contribution in [3.63, 3.8) is 0 Å². The van der Waals surface area contributed by atoms with Gasteiger partial charge in [-0.1, -0.05) is 0 Å². The van der Waals surface area contributed by atoms with Crippen molar-refractivity contribution in [2.45, 2.75) is 45.3 Å². The number of hydrogen-bond acceptors (Lipinski definition) is 4. The first kappa shape index (κ1) is 14.0. The Hall–Kier alpha value is -1.45. The van der Waals surface area contributed by atoms with Crippen LogP contribution in [0.1, 0.15) is 33.3 Å². The minimum atomic E-state index is -0.795. The molecule has 0 spiro atoms. The smallest absolute Gasteiger partial charge is 0.399 e. The second-order valence-corrected chi connectivity index (χ2v) is 5.62. The van der Waals surface area contributed by atoms with Gasteiger partial charge in [0, 0.05) is 23.4 Å². The summed E-state index contributed by atoms with van der Waals surface area (Å²) in [5.41, 5.74) is -0.564. The van der Waals surface area contributed by atoms with Crippen molar-refractivity contribution in [1.82, 2.24) is 4.98 Å². The number of pyridine rings is 1. The molecule has 4 nitrogen and oxygen atoms in total. The van der Waals surface area contributed by atoms with Crippen molar-refractivity contribution < 1.29 is 13.7 Å². The summed E-state index contributed by atoms with van der Waals surface area (Å²) < 4.78 is 25.8. The van der Waals surface area contributed by atoms with Gasteiger partial charge in [0.05, 0.1) is 23.7 Å². The van der Waals surface area contributed by atoms with Crippen molar-refractivity contribution in [2.75, 3.05) is 0 Å². The largest absolute Gasteiger partial charge is 0.499 e. The van der Waals surface area contributed by atoms with E-state index in [2.05, 4.69) is 4.98 Å². The average molecular weight is 262 g/mol. The zero-order valence-electron chi connectivity index (χ0n) is 11.5. The molecule has 6 heteroatoms. The van der Waals surface area contributed by atoms with Crippen LogP contribution >= 0.6 is 0 Å². The molecule has 1 aliphatic heterocycles. The van der Waals surface area contributed by atoms with E-state index < -0.39 is 24.1 Å². The third-order valence-corrected chi connectivity index (χ3v) is 3.76. The van der Waals surface area contributed by atoms with Crippen LogP contribution in [0, 0.1) is 17.1 Å². The van der Waals surface area contributed by atoms with E-state index >= 15 is 0 Å². The molecule has 2 heterocycles. The van der Waals surface area contributed by atoms with E-state index in [0.29, 0.717) is 0 Å². The van der Waals surface area contributed by atoms with Gasteiger partial charge in [0.2, 0.25) is 0 Å². The summed E-state index contributed by atoms with van der Waals surface area (Å²) in [6.45, 7) is 7.60. The lowest BCUT2D eigenvalue weighted by Gasteiger charge is -2.32. The summed E-state index contributed by atoms with van der Waals surface area (Å²) in [5.74, 6) is -0.477. The molecule has 0 amide bonds. The Balaban J connectivity index is 2.35. The molecule has 0 bridgehead atoms. The molecule has 0 radical (unpaired) electrons. The van der Waals surface area contributed by atoms with Crippen LogP contribution in [0.15, 0.2) is 12.4 Å². The molecule has 2 rings (SSSR count). The van der Waals surface area contributed by atoms with Crippen molar-refractivity contribution in [3.05, 3.63) is 23.8 Å². The van der Waals surface area contributed by atoms with E-state index in [1.807, 2.05) is 33.8 Å². The zero-order valence-corrected chi connectivity index (χ0v) is 11.5. The number of nitrogens with zero attached hydrogens (tertiary/aromatic N) is 2. The summed E-state index contributed by atoms with van der Waals surface area (Å²) >= 11 is 0. The Kier molecular flexibility index (Phi) is 3.37. The Morgan fingerprint density at radius 3 is 2.37 bits per heavy atom. The summed E-state index contributed by atoms with van der Waals surface area (Å²) in [7, 11) is -0.795. The predicted molar refractivity (Wildman–Crippen MR) is 69.2 cm³/mol. The summed E-state index contributed by atoms with van der Waals surface area (Å²) in [6.07, 6.45) is 2.72. The number of hydrogen-bond donors (Lipinski definition) is 0. The first-order chi connectivity index (χ1) is 8.78. The molecule has 0 unspecified atom stereocenters. The van der Waals surface area contributed by atoms with Crippen molar-refractivity contribution in [2.24, 2.45) is 0 Å². The van der Waals surface area contributed by atoms with E-state index in [0.717, 1.165) is 0 Å². The van der Waals surface area contributed by atoms with Crippen molar-refractivity contribution in [3.8, 4) is 6.07 Å². The quantitative estimate of drug-likeness (QED) is 0.759. The van der Waals surface area contributed by atoms with Gasteiger partial charge in [0.25, 0.3) is 0 Å². The molecular formula is C13H16BFN2O2. The number of aromatic nitrogens is 1. The third kappa shape index (κ3) is 2.36. The van der Waals surface area contributed by atoms with Crippen LogP contribution in [-0.4, -0.2) is 23.3 Å². The van der Waals surface area contributed by atoms with Gasteiger partial charge in [-0.05, 0) is 27.7 Å². The summed E-state index contributed by atoms with van der Waals surface area (Å²) in [4.78, 5) is 3.95. The fraction of sp³-hybridized carbons (Fsp3) is 0.538. The lowest BCUT2D eigenvalue weighted by Crippen LogP contribution is -2.41. The molecule has 0 aromatic carbocycles. The van der Waals surface area contributed by atoms with Gasteiger partial charge in [-0.3, -0.25) is 4.98 Å². The van der Waals surface area contributed by atoms with Crippen LogP contribution < -0.4 is 5.46 Å². The van der Waals surface area contributed by atoms with Crippen LogP contribution in [0.4, 0.5) is 4.39 Å².